The number of rotatable bonds is 13. The van der Waals surface area contributed by atoms with Crippen LogP contribution in [0.1, 0.15) is 70.4 Å². The molecule has 0 radical (unpaired) electrons. The third kappa shape index (κ3) is 7.64. The standard InChI is InChI=1S/C34H44N4O7/c1-5-20(3)29(32(41)38-17-11-16-27(38)31(40)37-30(33(42)43)21(4)6-2)36-28(39)18-35-34(44)45-19-26-24-14-9-7-12-22(24)23-13-8-10-15-25(23)26/h7-10,12-15,20-21,26-27,29-30H,5-6,11,16-19H2,1-4H3,(H,35,44)(H,36,39)(H,37,40)(H,42,43)/t20-,21-,27-,29-,30-/m0/s1. The highest BCUT2D eigenvalue weighted by atomic mass is 16.5. The number of hydrogen-bond acceptors (Lipinski definition) is 6. The lowest BCUT2D eigenvalue weighted by Gasteiger charge is -2.32. The van der Waals surface area contributed by atoms with E-state index in [0.29, 0.717) is 32.2 Å². The van der Waals surface area contributed by atoms with Crippen LogP contribution in [-0.4, -0.2) is 77.6 Å². The highest BCUT2D eigenvalue weighted by Crippen LogP contribution is 2.44. The van der Waals surface area contributed by atoms with Crippen molar-refractivity contribution < 1.29 is 33.8 Å². The zero-order valence-corrected chi connectivity index (χ0v) is 26.4. The van der Waals surface area contributed by atoms with E-state index in [2.05, 4.69) is 16.0 Å². The van der Waals surface area contributed by atoms with Gasteiger partial charge in [0, 0.05) is 12.5 Å². The number of nitrogens with zero attached hydrogens (tertiary/aromatic N) is 1. The zero-order chi connectivity index (χ0) is 32.7. The topological polar surface area (TPSA) is 154 Å². The van der Waals surface area contributed by atoms with Crippen molar-refractivity contribution in [3.05, 3.63) is 59.7 Å². The summed E-state index contributed by atoms with van der Waals surface area (Å²) in [6, 6.07) is 13.2. The van der Waals surface area contributed by atoms with Gasteiger partial charge in [0.1, 0.15) is 31.3 Å². The quantitative estimate of drug-likeness (QED) is 0.267. The van der Waals surface area contributed by atoms with E-state index in [1.165, 1.54) is 4.90 Å². The summed E-state index contributed by atoms with van der Waals surface area (Å²) >= 11 is 0. The Labute approximate surface area is 264 Å². The highest BCUT2D eigenvalue weighted by molar-refractivity contribution is 5.94. The zero-order valence-electron chi connectivity index (χ0n) is 26.4. The molecular weight excluding hydrogens is 576 g/mol. The van der Waals surface area contributed by atoms with Crippen LogP contribution in [0.3, 0.4) is 0 Å². The molecule has 0 spiro atoms. The fourth-order valence-electron chi connectivity index (χ4n) is 6.12. The van der Waals surface area contributed by atoms with Crippen molar-refractivity contribution in [3.8, 4) is 11.1 Å². The summed E-state index contributed by atoms with van der Waals surface area (Å²) in [5.41, 5.74) is 4.37. The Morgan fingerprint density at radius 3 is 2.04 bits per heavy atom. The van der Waals surface area contributed by atoms with Crippen molar-refractivity contribution in [1.82, 2.24) is 20.9 Å². The minimum Gasteiger partial charge on any atom is -0.480 e. The van der Waals surface area contributed by atoms with Crippen LogP contribution in [0.5, 0.6) is 0 Å². The van der Waals surface area contributed by atoms with Crippen molar-refractivity contribution in [3.63, 3.8) is 0 Å². The Balaban J connectivity index is 1.33. The van der Waals surface area contributed by atoms with Gasteiger partial charge in [-0.25, -0.2) is 9.59 Å². The number of amides is 4. The van der Waals surface area contributed by atoms with E-state index < -0.39 is 54.5 Å². The normalized spacial score (nSPS) is 18.1. The van der Waals surface area contributed by atoms with Gasteiger partial charge in [-0.3, -0.25) is 14.4 Å². The molecule has 0 unspecified atom stereocenters. The number of likely N-dealkylation sites (tertiary alicyclic amines) is 1. The van der Waals surface area contributed by atoms with Crippen LogP contribution in [0.15, 0.2) is 48.5 Å². The molecule has 2 aromatic rings. The third-order valence-corrected chi connectivity index (χ3v) is 9.15. The maximum Gasteiger partial charge on any atom is 0.407 e. The number of carboxylic acids is 1. The smallest absolute Gasteiger partial charge is 0.407 e. The molecule has 1 aliphatic carbocycles. The lowest BCUT2D eigenvalue weighted by Crippen LogP contribution is -2.58. The van der Waals surface area contributed by atoms with Gasteiger partial charge in [-0.15, -0.1) is 0 Å². The Kier molecular flexibility index (Phi) is 11.2. The van der Waals surface area contributed by atoms with Gasteiger partial charge >= 0.3 is 12.1 Å². The van der Waals surface area contributed by atoms with E-state index >= 15 is 0 Å². The van der Waals surface area contributed by atoms with Crippen LogP contribution in [0.4, 0.5) is 4.79 Å². The predicted molar refractivity (Wildman–Crippen MR) is 168 cm³/mol. The molecule has 45 heavy (non-hydrogen) atoms. The summed E-state index contributed by atoms with van der Waals surface area (Å²) in [6.45, 7) is 7.35. The van der Waals surface area contributed by atoms with Crippen molar-refractivity contribution in [1.29, 1.82) is 0 Å². The molecule has 0 saturated carbocycles. The maximum absolute atomic E-state index is 13.7. The van der Waals surface area contributed by atoms with E-state index in [4.69, 9.17) is 4.74 Å². The maximum atomic E-state index is 13.7. The molecule has 1 heterocycles. The number of carboxylic acid groups (broad SMARTS) is 1. The molecule has 4 amide bonds. The van der Waals surface area contributed by atoms with Crippen molar-refractivity contribution in [2.24, 2.45) is 11.8 Å². The van der Waals surface area contributed by atoms with Crippen LogP contribution < -0.4 is 16.0 Å². The van der Waals surface area contributed by atoms with Crippen molar-refractivity contribution >= 4 is 29.8 Å². The third-order valence-electron chi connectivity index (χ3n) is 9.15. The minimum absolute atomic E-state index is 0.105. The molecule has 0 bridgehead atoms. The van der Waals surface area contributed by atoms with Crippen LogP contribution in [0, 0.1) is 11.8 Å². The molecule has 5 atom stereocenters. The predicted octanol–water partition coefficient (Wildman–Crippen LogP) is 3.66. The van der Waals surface area contributed by atoms with Gasteiger partial charge in [0.2, 0.25) is 17.7 Å². The van der Waals surface area contributed by atoms with Crippen LogP contribution in [0.25, 0.3) is 11.1 Å². The summed E-state index contributed by atoms with van der Waals surface area (Å²) in [5.74, 6) is -3.27. The van der Waals surface area contributed by atoms with Gasteiger partial charge in [-0.2, -0.15) is 0 Å². The molecule has 1 fully saturated rings. The summed E-state index contributed by atoms with van der Waals surface area (Å²) in [6.07, 6.45) is 1.38. The molecule has 11 heteroatoms. The fraction of sp³-hybridized carbons (Fsp3) is 0.500. The highest BCUT2D eigenvalue weighted by Gasteiger charge is 2.40. The molecule has 4 rings (SSSR count). The van der Waals surface area contributed by atoms with E-state index in [-0.39, 0.29) is 24.4 Å². The molecule has 2 aliphatic rings. The van der Waals surface area contributed by atoms with E-state index in [1.54, 1.807) is 6.92 Å². The Morgan fingerprint density at radius 2 is 1.47 bits per heavy atom. The minimum atomic E-state index is -1.12. The summed E-state index contributed by atoms with van der Waals surface area (Å²) in [4.78, 5) is 65.5. The lowest BCUT2D eigenvalue weighted by atomic mass is 9.97. The van der Waals surface area contributed by atoms with Gasteiger partial charge < -0.3 is 30.7 Å². The molecule has 1 aliphatic heterocycles. The molecule has 2 aromatic carbocycles. The number of benzene rings is 2. The largest absolute Gasteiger partial charge is 0.480 e. The van der Waals surface area contributed by atoms with Crippen LogP contribution in [-0.2, 0) is 23.9 Å². The molecule has 4 N–H and O–H groups in total. The number of aliphatic carboxylic acids is 1. The van der Waals surface area contributed by atoms with Crippen LogP contribution in [0.2, 0.25) is 0 Å². The Hall–Kier alpha value is -4.41. The second kappa shape index (κ2) is 15.0. The average molecular weight is 621 g/mol. The monoisotopic (exact) mass is 620 g/mol. The molecule has 0 aromatic heterocycles. The summed E-state index contributed by atoms with van der Waals surface area (Å²) in [5, 5.41) is 17.4. The number of ether oxygens (including phenoxy) is 1. The first-order valence-electron chi connectivity index (χ1n) is 15.8. The first-order chi connectivity index (χ1) is 21.6. The van der Waals surface area contributed by atoms with E-state index in [1.807, 2.05) is 69.3 Å². The Morgan fingerprint density at radius 1 is 0.889 bits per heavy atom. The van der Waals surface area contributed by atoms with Crippen molar-refractivity contribution in [2.45, 2.75) is 77.4 Å². The first kappa shape index (κ1) is 33.5. The number of carbonyl (C=O) groups is 5. The average Bonchev–Trinajstić information content (AvgIpc) is 3.66. The van der Waals surface area contributed by atoms with Crippen molar-refractivity contribution in [2.75, 3.05) is 19.7 Å². The lowest BCUT2D eigenvalue weighted by molar-refractivity contribution is -0.146. The SMILES string of the molecule is CC[C@H](C)[C@H](NC(=O)[C@@H]1CCCN1C(=O)[C@@H](NC(=O)CNC(=O)OCC1c2ccccc2-c2ccccc21)[C@@H](C)CC)C(=O)O. The molecule has 1 saturated heterocycles. The fourth-order valence-corrected chi connectivity index (χ4v) is 6.12. The number of carbonyl (C=O) groups excluding carboxylic acids is 4. The van der Waals surface area contributed by atoms with Gasteiger partial charge in [0.15, 0.2) is 0 Å². The molecular formula is C34H44N4O7. The number of fused-ring (bicyclic) bond motifs is 3. The molecule has 242 valence electrons. The summed E-state index contributed by atoms with van der Waals surface area (Å²) < 4.78 is 5.51. The second-order valence-corrected chi connectivity index (χ2v) is 12.0. The van der Waals surface area contributed by atoms with Gasteiger partial charge in [-0.1, -0.05) is 89.1 Å². The molecule has 11 nitrogen and oxygen atoms in total. The summed E-state index contributed by atoms with van der Waals surface area (Å²) in [7, 11) is 0. The number of hydrogen-bond donors (Lipinski definition) is 4. The van der Waals surface area contributed by atoms with E-state index in [9.17, 15) is 29.1 Å². The van der Waals surface area contributed by atoms with Gasteiger partial charge in [0.05, 0.1) is 0 Å². The van der Waals surface area contributed by atoms with Gasteiger partial charge in [-0.05, 0) is 46.9 Å². The number of nitrogens with one attached hydrogen (secondary N) is 3. The van der Waals surface area contributed by atoms with E-state index in [0.717, 1.165) is 22.3 Å². The first-order valence-corrected chi connectivity index (χ1v) is 15.8. The van der Waals surface area contributed by atoms with Gasteiger partial charge in [0.25, 0.3) is 0 Å². The second-order valence-electron chi connectivity index (χ2n) is 12.0. The van der Waals surface area contributed by atoms with Crippen LogP contribution >= 0.6 is 0 Å². The number of alkyl carbamates (subject to hydrolysis) is 1. The Bertz CT molecular complexity index is 1370.